The van der Waals surface area contributed by atoms with Crippen LogP contribution in [0.4, 0.5) is 0 Å². The van der Waals surface area contributed by atoms with Crippen molar-refractivity contribution in [1.29, 1.82) is 0 Å². The van der Waals surface area contributed by atoms with Gasteiger partial charge in [-0.1, -0.05) is 0 Å². The van der Waals surface area contributed by atoms with Crippen molar-refractivity contribution < 1.29 is 9.53 Å². The van der Waals surface area contributed by atoms with Gasteiger partial charge in [-0.05, 0) is 6.92 Å². The Labute approximate surface area is 103 Å². The first-order valence-electron chi connectivity index (χ1n) is 5.00. The summed E-state index contributed by atoms with van der Waals surface area (Å²) in [6, 6.07) is 0. The molecule has 0 atom stereocenters. The van der Waals surface area contributed by atoms with Crippen LogP contribution in [0, 0.1) is 6.92 Å². The van der Waals surface area contributed by atoms with Gasteiger partial charge in [0.25, 0.3) is 0 Å². The summed E-state index contributed by atoms with van der Waals surface area (Å²) in [4.78, 5) is 24.2. The lowest BCUT2D eigenvalue weighted by atomic mass is 10.2. The van der Waals surface area contributed by atoms with E-state index in [1.165, 1.54) is 30.8 Å². The number of ether oxygens (including phenoxy) is 1. The number of hydrogen-bond acceptors (Lipinski definition) is 6. The second-order valence-corrected chi connectivity index (χ2v) is 4.43. The zero-order valence-corrected chi connectivity index (χ0v) is 10.3. The lowest BCUT2D eigenvalue weighted by Gasteiger charge is -2.03. The molecule has 0 aliphatic carbocycles. The topological polar surface area (TPSA) is 65.0 Å². The van der Waals surface area contributed by atoms with Gasteiger partial charge in [-0.2, -0.15) is 0 Å². The lowest BCUT2D eigenvalue weighted by Crippen LogP contribution is -2.09. The van der Waals surface area contributed by atoms with E-state index in [1.807, 2.05) is 12.3 Å². The van der Waals surface area contributed by atoms with E-state index in [2.05, 4.69) is 15.0 Å². The number of hydrogen-bond donors (Lipinski definition) is 0. The molecule has 2 rings (SSSR count). The summed E-state index contributed by atoms with van der Waals surface area (Å²) in [6.07, 6.45) is 3.18. The van der Waals surface area contributed by atoms with Crippen molar-refractivity contribution in [3.8, 4) is 5.88 Å². The molecule has 88 valence electrons. The Bertz CT molecular complexity index is 539. The highest BCUT2D eigenvalue weighted by Gasteiger charge is 2.16. The molecule has 0 fully saturated rings. The minimum atomic E-state index is -0.139. The van der Waals surface area contributed by atoms with Crippen LogP contribution in [0.5, 0.6) is 5.88 Å². The first kappa shape index (κ1) is 11.7. The number of carbonyl (C=O) groups is 1. The van der Waals surface area contributed by atoms with E-state index in [0.717, 1.165) is 10.7 Å². The molecule has 0 N–H and O–H groups in total. The maximum absolute atomic E-state index is 12.0. The molecule has 2 aromatic rings. The fourth-order valence-electron chi connectivity index (χ4n) is 1.40. The molecule has 0 spiro atoms. The third kappa shape index (κ3) is 2.65. The number of carbonyl (C=O) groups excluding carboxylic acids is 1. The number of methoxy groups -OCH3 is 1. The first-order chi connectivity index (χ1) is 8.20. The highest BCUT2D eigenvalue weighted by Crippen LogP contribution is 2.15. The van der Waals surface area contributed by atoms with Gasteiger partial charge in [-0.15, -0.1) is 11.3 Å². The molecule has 5 nitrogen and oxygen atoms in total. The van der Waals surface area contributed by atoms with Crippen LogP contribution >= 0.6 is 11.3 Å². The van der Waals surface area contributed by atoms with Crippen molar-refractivity contribution >= 4 is 17.1 Å². The molecule has 17 heavy (non-hydrogen) atoms. The normalized spacial score (nSPS) is 10.2. The molecule has 0 bridgehead atoms. The second-order valence-electron chi connectivity index (χ2n) is 3.37. The van der Waals surface area contributed by atoms with E-state index in [0.29, 0.717) is 0 Å². The van der Waals surface area contributed by atoms with Crippen LogP contribution in [0.15, 0.2) is 17.8 Å². The van der Waals surface area contributed by atoms with Crippen molar-refractivity contribution in [3.05, 3.63) is 34.2 Å². The van der Waals surface area contributed by atoms with E-state index in [-0.39, 0.29) is 23.8 Å². The van der Waals surface area contributed by atoms with Gasteiger partial charge in [0.15, 0.2) is 11.5 Å². The molecule has 2 aromatic heterocycles. The predicted octanol–water partition coefficient (Wildman–Crippen LogP) is 1.68. The van der Waals surface area contributed by atoms with Crippen LogP contribution in [0.3, 0.4) is 0 Å². The third-order valence-corrected chi connectivity index (χ3v) is 2.95. The molecule has 0 aliphatic heterocycles. The van der Waals surface area contributed by atoms with Crippen molar-refractivity contribution in [3.63, 3.8) is 0 Å². The highest BCUT2D eigenvalue weighted by atomic mass is 32.1. The maximum Gasteiger partial charge on any atom is 0.243 e. The second kappa shape index (κ2) is 5.01. The van der Waals surface area contributed by atoms with Crippen LogP contribution in [-0.4, -0.2) is 27.8 Å². The quantitative estimate of drug-likeness (QED) is 0.771. The minimum absolute atomic E-state index is 0.139. The summed E-state index contributed by atoms with van der Waals surface area (Å²) in [5, 5.41) is 2.81. The van der Waals surface area contributed by atoms with Gasteiger partial charge in [0.05, 0.1) is 24.2 Å². The van der Waals surface area contributed by atoms with E-state index < -0.39 is 0 Å². The zero-order chi connectivity index (χ0) is 12.3. The van der Waals surface area contributed by atoms with Crippen LogP contribution < -0.4 is 4.74 Å². The summed E-state index contributed by atoms with van der Waals surface area (Å²) in [7, 11) is 1.47. The van der Waals surface area contributed by atoms with E-state index in [4.69, 9.17) is 4.74 Å². The average Bonchev–Trinajstić information content (AvgIpc) is 2.74. The molecule has 0 saturated carbocycles. The molecule has 0 unspecified atom stereocenters. The van der Waals surface area contributed by atoms with Crippen molar-refractivity contribution in [2.75, 3.05) is 7.11 Å². The summed E-state index contributed by atoms with van der Waals surface area (Å²) in [5.41, 5.74) is 1.01. The van der Waals surface area contributed by atoms with Crippen LogP contribution in [0.2, 0.25) is 0 Å². The standard InChI is InChI=1S/C11H11N3O2S/c1-7-14-8(6-17-7)5-9(15)10-11(16-2)13-4-3-12-10/h3-4,6H,5H2,1-2H3. The maximum atomic E-state index is 12.0. The SMILES string of the molecule is COc1nccnc1C(=O)Cc1csc(C)n1. The van der Waals surface area contributed by atoms with Crippen molar-refractivity contribution in [2.45, 2.75) is 13.3 Å². The van der Waals surface area contributed by atoms with Crippen LogP contribution in [0.25, 0.3) is 0 Å². The van der Waals surface area contributed by atoms with Gasteiger partial charge in [-0.3, -0.25) is 4.79 Å². The number of Topliss-reactive ketones (excluding diaryl/α,β-unsaturated/α-hetero) is 1. The molecule has 0 aromatic carbocycles. The Hall–Kier alpha value is -1.82. The van der Waals surface area contributed by atoms with E-state index in [9.17, 15) is 4.79 Å². The predicted molar refractivity (Wildman–Crippen MR) is 63.5 cm³/mol. The molecule has 0 saturated heterocycles. The minimum Gasteiger partial charge on any atom is -0.479 e. The summed E-state index contributed by atoms with van der Waals surface area (Å²) in [5.74, 6) is 0.115. The zero-order valence-electron chi connectivity index (χ0n) is 9.51. The van der Waals surface area contributed by atoms with Gasteiger partial charge < -0.3 is 4.74 Å². The van der Waals surface area contributed by atoms with Crippen molar-refractivity contribution in [2.24, 2.45) is 0 Å². The Kier molecular flexibility index (Phi) is 3.43. The summed E-state index contributed by atoms with van der Waals surface area (Å²) in [6.45, 7) is 1.90. The first-order valence-corrected chi connectivity index (χ1v) is 5.88. The monoisotopic (exact) mass is 249 g/mol. The highest BCUT2D eigenvalue weighted by molar-refractivity contribution is 7.09. The Morgan fingerprint density at radius 3 is 2.82 bits per heavy atom. The smallest absolute Gasteiger partial charge is 0.243 e. The molecule has 2 heterocycles. The Morgan fingerprint density at radius 1 is 1.41 bits per heavy atom. The summed E-state index contributed by atoms with van der Waals surface area (Å²) >= 11 is 1.52. The van der Waals surface area contributed by atoms with Gasteiger partial charge in [0.2, 0.25) is 5.88 Å². The number of nitrogens with zero attached hydrogens (tertiary/aromatic N) is 3. The van der Waals surface area contributed by atoms with Crippen LogP contribution in [0.1, 0.15) is 21.2 Å². The largest absolute Gasteiger partial charge is 0.479 e. The number of ketones is 1. The average molecular weight is 249 g/mol. The third-order valence-electron chi connectivity index (χ3n) is 2.13. The Balaban J connectivity index is 2.20. The molecular weight excluding hydrogens is 238 g/mol. The summed E-state index contributed by atoms with van der Waals surface area (Å²) < 4.78 is 5.00. The van der Waals surface area contributed by atoms with Gasteiger partial charge in [-0.25, -0.2) is 15.0 Å². The van der Waals surface area contributed by atoms with Crippen LogP contribution in [-0.2, 0) is 6.42 Å². The number of rotatable bonds is 4. The molecule has 0 radical (unpaired) electrons. The molecule has 6 heteroatoms. The van der Waals surface area contributed by atoms with E-state index in [1.54, 1.807) is 0 Å². The molecule has 0 amide bonds. The number of aryl methyl sites for hydroxylation is 1. The Morgan fingerprint density at radius 2 is 2.18 bits per heavy atom. The molecule has 0 aliphatic rings. The number of aromatic nitrogens is 3. The van der Waals surface area contributed by atoms with Gasteiger partial charge in [0.1, 0.15) is 0 Å². The van der Waals surface area contributed by atoms with Gasteiger partial charge in [0, 0.05) is 17.8 Å². The number of thiazole rings is 1. The lowest BCUT2D eigenvalue weighted by molar-refractivity contribution is 0.0983. The van der Waals surface area contributed by atoms with Crippen molar-refractivity contribution in [1.82, 2.24) is 15.0 Å². The fourth-order valence-corrected chi connectivity index (χ4v) is 2.02. The van der Waals surface area contributed by atoms with Gasteiger partial charge >= 0.3 is 0 Å². The molecular formula is C11H11N3O2S. The fraction of sp³-hybridized carbons (Fsp3) is 0.273. The van der Waals surface area contributed by atoms with E-state index >= 15 is 0 Å².